The van der Waals surface area contributed by atoms with E-state index < -0.39 is 0 Å². The number of hydrogen-bond donors (Lipinski definition) is 4. The average Bonchev–Trinajstić information content (AvgIpc) is 2.65. The summed E-state index contributed by atoms with van der Waals surface area (Å²) in [7, 11) is 0. The largest absolute Gasteiger partial charge is 0.396 e. The second kappa shape index (κ2) is 14.6. The number of primary amides is 1. The van der Waals surface area contributed by atoms with E-state index in [4.69, 9.17) is 10.7 Å². The molecule has 0 radical (unpaired) electrons. The molecule has 0 saturated carbocycles. The smallest absolute Gasteiger partial charge is 0.220 e. The van der Waals surface area contributed by atoms with Gasteiger partial charge < -0.3 is 26.4 Å². The van der Waals surface area contributed by atoms with Crippen molar-refractivity contribution in [3.8, 4) is 0 Å². The van der Waals surface area contributed by atoms with E-state index in [-0.39, 0.29) is 18.4 Å². The lowest BCUT2D eigenvalue weighted by molar-refractivity contribution is -0.123. The van der Waals surface area contributed by atoms with Crippen LogP contribution < -0.4 is 16.4 Å². The van der Waals surface area contributed by atoms with Gasteiger partial charge in [0.25, 0.3) is 0 Å². The van der Waals surface area contributed by atoms with Crippen molar-refractivity contribution in [2.45, 2.75) is 59.3 Å². The molecule has 1 atom stereocenters. The van der Waals surface area contributed by atoms with Crippen LogP contribution >= 0.6 is 0 Å². The highest BCUT2D eigenvalue weighted by atomic mass is 16.3. The minimum Gasteiger partial charge on any atom is -0.396 e. The van der Waals surface area contributed by atoms with Gasteiger partial charge in [-0.05, 0) is 76.9 Å². The summed E-state index contributed by atoms with van der Waals surface area (Å²) in [6.45, 7) is 12.3. The van der Waals surface area contributed by atoms with E-state index in [1.54, 1.807) is 0 Å². The predicted octanol–water partition coefficient (Wildman–Crippen LogP) is 1.56. The number of likely N-dealkylation sites (tertiary alicyclic amines) is 1. The lowest BCUT2D eigenvalue weighted by Crippen LogP contribution is -2.40. The quantitative estimate of drug-likeness (QED) is 0.215. The summed E-state index contributed by atoms with van der Waals surface area (Å²) in [6, 6.07) is 0. The normalized spacial score (nSPS) is 17.7. The molecule has 1 amide bonds. The zero-order valence-corrected chi connectivity index (χ0v) is 18.3. The number of aliphatic hydroxyl groups is 1. The van der Waals surface area contributed by atoms with Gasteiger partial charge in [0.05, 0.1) is 0 Å². The fourth-order valence-corrected chi connectivity index (χ4v) is 3.80. The van der Waals surface area contributed by atoms with E-state index in [1.807, 2.05) is 0 Å². The Bertz CT molecular complexity index is 448. The first kappa shape index (κ1) is 24.7. The van der Waals surface area contributed by atoms with Crippen LogP contribution in [-0.2, 0) is 4.79 Å². The van der Waals surface area contributed by atoms with Crippen LogP contribution in [0.25, 0.3) is 0 Å². The second-order valence-corrected chi connectivity index (χ2v) is 8.38. The third kappa shape index (κ3) is 10.9. The maximum Gasteiger partial charge on any atom is 0.220 e. The molecule has 28 heavy (non-hydrogen) atoms. The number of nitrogens with one attached hydrogen (secondary N) is 2. The average molecular weight is 398 g/mol. The van der Waals surface area contributed by atoms with Crippen molar-refractivity contribution in [3.63, 3.8) is 0 Å². The Balaban J connectivity index is 2.26. The zero-order chi connectivity index (χ0) is 20.8. The van der Waals surface area contributed by atoms with Gasteiger partial charge in [0.2, 0.25) is 5.91 Å². The molecule has 1 unspecified atom stereocenters. The number of nitrogens with two attached hydrogens (primary N) is 1. The molecule has 0 aromatic rings. The minimum absolute atomic E-state index is 0.0714. The molecule has 1 rings (SSSR count). The lowest BCUT2D eigenvalue weighted by Gasteiger charge is -2.30. The van der Waals surface area contributed by atoms with Gasteiger partial charge in [-0.3, -0.25) is 9.79 Å². The number of hydrogen-bond acceptors (Lipinski definition) is 4. The van der Waals surface area contributed by atoms with Crippen LogP contribution in [0.2, 0.25) is 0 Å². The minimum atomic E-state index is -0.145. The SMILES string of the molecule is CCNC(=NCC(CCO)CC(C)C)NCCCCN1CCC(C(N)=O)CC1. The first-order chi connectivity index (χ1) is 13.5. The van der Waals surface area contributed by atoms with Gasteiger partial charge in [0, 0.05) is 32.2 Å². The van der Waals surface area contributed by atoms with Gasteiger partial charge in [-0.2, -0.15) is 0 Å². The molecule has 1 aliphatic heterocycles. The summed E-state index contributed by atoms with van der Waals surface area (Å²) in [5.74, 6) is 1.85. The number of nitrogens with zero attached hydrogens (tertiary/aromatic N) is 2. The van der Waals surface area contributed by atoms with Crippen molar-refractivity contribution in [2.75, 3.05) is 45.9 Å². The molecule has 1 aliphatic rings. The van der Waals surface area contributed by atoms with Crippen LogP contribution in [0.4, 0.5) is 0 Å². The standard InChI is InChI=1S/C21H43N5O2/c1-4-23-21(25-16-18(9-14-27)15-17(2)3)24-10-5-6-11-26-12-7-19(8-13-26)20(22)28/h17-19,27H,4-16H2,1-3H3,(H2,22,28)(H2,23,24,25). The molecule has 164 valence electrons. The molecule has 0 aliphatic carbocycles. The van der Waals surface area contributed by atoms with E-state index in [1.165, 1.54) is 0 Å². The van der Waals surface area contributed by atoms with Crippen LogP contribution in [0, 0.1) is 17.8 Å². The summed E-state index contributed by atoms with van der Waals surface area (Å²) < 4.78 is 0. The highest BCUT2D eigenvalue weighted by Crippen LogP contribution is 2.17. The molecule has 0 bridgehead atoms. The Kier molecular flexibility index (Phi) is 12.9. The van der Waals surface area contributed by atoms with Crippen LogP contribution in [0.1, 0.15) is 59.3 Å². The summed E-state index contributed by atoms with van der Waals surface area (Å²) in [4.78, 5) is 18.4. The fourth-order valence-electron chi connectivity index (χ4n) is 3.80. The number of aliphatic imine (C=N–C) groups is 1. The van der Waals surface area contributed by atoms with Crippen LogP contribution in [0.3, 0.4) is 0 Å². The van der Waals surface area contributed by atoms with Crippen LogP contribution in [0.15, 0.2) is 4.99 Å². The molecule has 0 spiro atoms. The van der Waals surface area contributed by atoms with Crippen molar-refractivity contribution < 1.29 is 9.90 Å². The van der Waals surface area contributed by atoms with E-state index in [2.05, 4.69) is 36.3 Å². The number of carbonyl (C=O) groups is 1. The number of unbranched alkanes of at least 4 members (excludes halogenated alkanes) is 1. The number of aliphatic hydroxyl groups excluding tert-OH is 1. The predicted molar refractivity (Wildman–Crippen MR) is 116 cm³/mol. The maximum absolute atomic E-state index is 11.2. The molecular formula is C21H43N5O2. The van der Waals surface area contributed by atoms with Crippen molar-refractivity contribution in [1.82, 2.24) is 15.5 Å². The number of piperidine rings is 1. The third-order valence-electron chi connectivity index (χ3n) is 5.38. The fraction of sp³-hybridized carbons (Fsp3) is 0.905. The van der Waals surface area contributed by atoms with Crippen molar-refractivity contribution in [3.05, 3.63) is 0 Å². The third-order valence-corrected chi connectivity index (χ3v) is 5.38. The van der Waals surface area contributed by atoms with E-state index in [0.717, 1.165) is 83.8 Å². The topological polar surface area (TPSA) is 103 Å². The summed E-state index contributed by atoms with van der Waals surface area (Å²) in [5, 5.41) is 16.0. The highest BCUT2D eigenvalue weighted by Gasteiger charge is 2.22. The molecule has 0 aromatic carbocycles. The number of carbonyl (C=O) groups excluding carboxylic acids is 1. The van der Waals surface area contributed by atoms with Gasteiger partial charge in [-0.25, -0.2) is 0 Å². The Hall–Kier alpha value is -1.34. The van der Waals surface area contributed by atoms with Crippen molar-refractivity contribution >= 4 is 11.9 Å². The zero-order valence-electron chi connectivity index (χ0n) is 18.3. The molecule has 1 heterocycles. The molecule has 7 heteroatoms. The van der Waals surface area contributed by atoms with Crippen molar-refractivity contribution in [1.29, 1.82) is 0 Å². The van der Waals surface area contributed by atoms with E-state index in [9.17, 15) is 9.90 Å². The van der Waals surface area contributed by atoms with Gasteiger partial charge in [0.1, 0.15) is 0 Å². The van der Waals surface area contributed by atoms with Crippen molar-refractivity contribution in [2.24, 2.45) is 28.5 Å². The Labute approximate surface area is 171 Å². The van der Waals surface area contributed by atoms with Crippen LogP contribution in [0.5, 0.6) is 0 Å². The summed E-state index contributed by atoms with van der Waals surface area (Å²) >= 11 is 0. The molecule has 1 saturated heterocycles. The summed E-state index contributed by atoms with van der Waals surface area (Å²) in [5.41, 5.74) is 5.39. The monoisotopic (exact) mass is 397 g/mol. The Morgan fingerprint density at radius 1 is 1.25 bits per heavy atom. The van der Waals surface area contributed by atoms with Gasteiger partial charge >= 0.3 is 0 Å². The van der Waals surface area contributed by atoms with E-state index >= 15 is 0 Å². The number of amides is 1. The number of guanidine groups is 1. The molecular weight excluding hydrogens is 354 g/mol. The second-order valence-electron chi connectivity index (χ2n) is 8.38. The molecule has 5 N–H and O–H groups in total. The van der Waals surface area contributed by atoms with Crippen LogP contribution in [-0.4, -0.2) is 67.7 Å². The molecule has 7 nitrogen and oxygen atoms in total. The molecule has 0 aromatic heterocycles. The van der Waals surface area contributed by atoms with Gasteiger partial charge in [-0.1, -0.05) is 13.8 Å². The van der Waals surface area contributed by atoms with Gasteiger partial charge in [0.15, 0.2) is 5.96 Å². The first-order valence-corrected chi connectivity index (χ1v) is 11.1. The highest BCUT2D eigenvalue weighted by molar-refractivity contribution is 5.79. The maximum atomic E-state index is 11.2. The molecule has 1 fully saturated rings. The lowest BCUT2D eigenvalue weighted by atomic mass is 9.94. The van der Waals surface area contributed by atoms with Gasteiger partial charge in [-0.15, -0.1) is 0 Å². The number of rotatable bonds is 13. The summed E-state index contributed by atoms with van der Waals surface area (Å²) in [6.07, 6.45) is 5.93. The van der Waals surface area contributed by atoms with E-state index in [0.29, 0.717) is 11.8 Å². The first-order valence-electron chi connectivity index (χ1n) is 11.1. The Morgan fingerprint density at radius 2 is 1.96 bits per heavy atom. The Morgan fingerprint density at radius 3 is 2.54 bits per heavy atom.